The zero-order valence-electron chi connectivity index (χ0n) is 10.7. The molecule has 0 bridgehead atoms. The van der Waals surface area contributed by atoms with Crippen molar-refractivity contribution >= 4 is 6.01 Å². The first-order valence-corrected chi connectivity index (χ1v) is 6.25. The Morgan fingerprint density at radius 1 is 1.21 bits per heavy atom. The van der Waals surface area contributed by atoms with Crippen LogP contribution in [0.5, 0.6) is 0 Å². The second kappa shape index (κ2) is 6.86. The van der Waals surface area contributed by atoms with E-state index in [9.17, 15) is 0 Å². The third-order valence-corrected chi connectivity index (χ3v) is 2.67. The van der Waals surface area contributed by atoms with Crippen molar-refractivity contribution in [1.82, 2.24) is 10.2 Å². The molecule has 6 heteroatoms. The van der Waals surface area contributed by atoms with E-state index < -0.39 is 0 Å². The molecule has 0 unspecified atom stereocenters. The molecule has 0 radical (unpaired) electrons. The summed E-state index contributed by atoms with van der Waals surface area (Å²) in [7, 11) is 0. The van der Waals surface area contributed by atoms with Crippen molar-refractivity contribution in [2.45, 2.75) is 13.0 Å². The fraction of sp³-hybridized carbons (Fsp3) is 0.385. The third-order valence-electron chi connectivity index (χ3n) is 2.67. The quantitative estimate of drug-likeness (QED) is 0.758. The largest absolute Gasteiger partial charge is 0.408 e. The van der Waals surface area contributed by atoms with Crippen LogP contribution in [0.1, 0.15) is 11.5 Å². The van der Waals surface area contributed by atoms with Crippen LogP contribution in [0.3, 0.4) is 0 Å². The van der Waals surface area contributed by atoms with Crippen LogP contribution in [0.25, 0.3) is 0 Å². The van der Waals surface area contributed by atoms with Gasteiger partial charge < -0.3 is 20.2 Å². The molecule has 0 aliphatic heterocycles. The zero-order chi connectivity index (χ0) is 13.5. The average Bonchev–Trinajstić information content (AvgIpc) is 2.88. The number of rotatable bonds is 7. The summed E-state index contributed by atoms with van der Waals surface area (Å²) < 4.78 is 5.52. The van der Waals surface area contributed by atoms with E-state index in [1.54, 1.807) is 0 Å². The Bertz CT molecular complexity index is 486. The van der Waals surface area contributed by atoms with Crippen molar-refractivity contribution in [3.8, 4) is 0 Å². The maximum atomic E-state index is 9.13. The van der Waals surface area contributed by atoms with Gasteiger partial charge in [-0.25, -0.2) is 0 Å². The van der Waals surface area contributed by atoms with E-state index >= 15 is 0 Å². The van der Waals surface area contributed by atoms with Crippen LogP contribution in [-0.4, -0.2) is 35.0 Å². The molecule has 0 saturated carbocycles. The Balaban J connectivity index is 2.10. The molecule has 2 rings (SSSR count). The molecule has 2 aromatic rings. The lowest BCUT2D eigenvalue weighted by atomic mass is 10.2. The maximum Gasteiger partial charge on any atom is 0.318 e. The van der Waals surface area contributed by atoms with Gasteiger partial charge in [0.2, 0.25) is 5.89 Å². The molecule has 19 heavy (non-hydrogen) atoms. The van der Waals surface area contributed by atoms with Crippen molar-refractivity contribution in [2.75, 3.05) is 24.6 Å². The minimum Gasteiger partial charge on any atom is -0.408 e. The first kappa shape index (κ1) is 13.5. The molecular weight excluding hydrogens is 244 g/mol. The second-order valence-electron chi connectivity index (χ2n) is 4.15. The minimum atomic E-state index is 0.0292. The Hall–Kier alpha value is -1.92. The van der Waals surface area contributed by atoms with E-state index in [4.69, 9.17) is 15.3 Å². The number of aliphatic hydroxyl groups is 1. The molecule has 0 aliphatic rings. The molecule has 0 aliphatic carbocycles. The number of nitrogens with two attached hydrogens (primary N) is 1. The van der Waals surface area contributed by atoms with Crippen molar-refractivity contribution in [3.05, 3.63) is 41.8 Å². The normalized spacial score (nSPS) is 10.6. The highest BCUT2D eigenvalue weighted by atomic mass is 16.4. The molecule has 0 spiro atoms. The summed E-state index contributed by atoms with van der Waals surface area (Å²) in [6.45, 7) is 1.56. The summed E-state index contributed by atoms with van der Waals surface area (Å²) in [5.74, 6) is 0.522. The third kappa shape index (κ3) is 3.77. The first-order valence-electron chi connectivity index (χ1n) is 6.25. The lowest BCUT2D eigenvalue weighted by Gasteiger charge is -2.18. The van der Waals surface area contributed by atoms with Crippen LogP contribution in [0.15, 0.2) is 34.7 Å². The number of hydrogen-bond donors (Lipinski definition) is 2. The van der Waals surface area contributed by atoms with Crippen LogP contribution in [0.2, 0.25) is 0 Å². The molecule has 1 heterocycles. The zero-order valence-corrected chi connectivity index (χ0v) is 10.7. The van der Waals surface area contributed by atoms with E-state index in [-0.39, 0.29) is 6.61 Å². The van der Waals surface area contributed by atoms with E-state index in [1.807, 2.05) is 35.2 Å². The van der Waals surface area contributed by atoms with Crippen LogP contribution in [0, 0.1) is 0 Å². The fourth-order valence-corrected chi connectivity index (χ4v) is 1.76. The minimum absolute atomic E-state index is 0.0292. The number of hydrogen-bond acceptors (Lipinski definition) is 6. The van der Waals surface area contributed by atoms with Gasteiger partial charge in [0, 0.05) is 26.1 Å². The van der Waals surface area contributed by atoms with E-state index in [0.717, 1.165) is 5.56 Å². The predicted octanol–water partition coefficient (Wildman–Crippen LogP) is 0.570. The van der Waals surface area contributed by atoms with Gasteiger partial charge in [0.1, 0.15) is 0 Å². The lowest BCUT2D eigenvalue weighted by Crippen LogP contribution is -2.26. The summed E-state index contributed by atoms with van der Waals surface area (Å²) in [6.07, 6.45) is 0.561. The van der Waals surface area contributed by atoms with Crippen molar-refractivity contribution in [2.24, 2.45) is 5.73 Å². The molecule has 6 nitrogen and oxygen atoms in total. The van der Waals surface area contributed by atoms with Gasteiger partial charge in [0.05, 0.1) is 6.61 Å². The summed E-state index contributed by atoms with van der Waals surface area (Å²) >= 11 is 0. The standard InChI is InChI=1S/C13H18N4O2/c14-7-6-12-15-16-13(19-12)17(8-9-18)10-11-4-2-1-3-5-11/h1-5,18H,6-10,14H2. The number of aliphatic hydroxyl groups excluding tert-OH is 1. The van der Waals surface area contributed by atoms with Crippen LogP contribution in [0.4, 0.5) is 6.01 Å². The monoisotopic (exact) mass is 262 g/mol. The smallest absolute Gasteiger partial charge is 0.318 e. The Kier molecular flexibility index (Phi) is 4.88. The molecular formula is C13H18N4O2. The Labute approximate surface area is 111 Å². The highest BCUT2D eigenvalue weighted by Gasteiger charge is 2.14. The van der Waals surface area contributed by atoms with Gasteiger partial charge >= 0.3 is 6.01 Å². The van der Waals surface area contributed by atoms with Gasteiger partial charge in [-0.3, -0.25) is 0 Å². The van der Waals surface area contributed by atoms with Gasteiger partial charge in [-0.2, -0.15) is 0 Å². The summed E-state index contributed by atoms with van der Waals surface area (Å²) in [4.78, 5) is 1.85. The average molecular weight is 262 g/mol. The molecule has 0 atom stereocenters. The van der Waals surface area contributed by atoms with Gasteiger partial charge in [-0.1, -0.05) is 35.4 Å². The van der Waals surface area contributed by atoms with Crippen molar-refractivity contribution in [1.29, 1.82) is 0 Å². The maximum absolute atomic E-state index is 9.13. The van der Waals surface area contributed by atoms with Gasteiger partial charge in [-0.15, -0.1) is 5.10 Å². The molecule has 102 valence electrons. The van der Waals surface area contributed by atoms with Crippen LogP contribution < -0.4 is 10.6 Å². The predicted molar refractivity (Wildman–Crippen MR) is 71.6 cm³/mol. The first-order chi connectivity index (χ1) is 9.33. The summed E-state index contributed by atoms with van der Waals surface area (Å²) in [5, 5.41) is 17.1. The van der Waals surface area contributed by atoms with Crippen LogP contribution >= 0.6 is 0 Å². The van der Waals surface area contributed by atoms with Gasteiger partial charge in [0.25, 0.3) is 0 Å². The van der Waals surface area contributed by atoms with E-state index in [1.165, 1.54) is 0 Å². The van der Waals surface area contributed by atoms with E-state index in [0.29, 0.717) is 38.0 Å². The SMILES string of the molecule is NCCc1nnc(N(CCO)Cc2ccccc2)o1. The fourth-order valence-electron chi connectivity index (χ4n) is 1.76. The van der Waals surface area contributed by atoms with Crippen LogP contribution in [-0.2, 0) is 13.0 Å². The van der Waals surface area contributed by atoms with E-state index in [2.05, 4.69) is 10.2 Å². The Morgan fingerprint density at radius 2 is 2.00 bits per heavy atom. The summed E-state index contributed by atoms with van der Waals surface area (Å²) in [5.41, 5.74) is 6.57. The highest BCUT2D eigenvalue weighted by Crippen LogP contribution is 2.15. The number of benzene rings is 1. The second-order valence-corrected chi connectivity index (χ2v) is 4.15. The lowest BCUT2D eigenvalue weighted by molar-refractivity contribution is 0.297. The van der Waals surface area contributed by atoms with Gasteiger partial charge in [-0.05, 0) is 5.56 Å². The Morgan fingerprint density at radius 3 is 2.68 bits per heavy atom. The topological polar surface area (TPSA) is 88.4 Å². The molecule has 0 amide bonds. The number of aromatic nitrogens is 2. The number of nitrogens with zero attached hydrogens (tertiary/aromatic N) is 3. The van der Waals surface area contributed by atoms with Crippen molar-refractivity contribution in [3.63, 3.8) is 0 Å². The van der Waals surface area contributed by atoms with Gasteiger partial charge in [0.15, 0.2) is 0 Å². The molecule has 0 saturated heterocycles. The molecule has 1 aromatic carbocycles. The summed E-state index contributed by atoms with van der Waals surface area (Å²) in [6, 6.07) is 10.4. The number of anilines is 1. The molecule has 0 fully saturated rings. The highest BCUT2D eigenvalue weighted by molar-refractivity contribution is 5.28. The molecule has 1 aromatic heterocycles. The molecule has 3 N–H and O–H groups in total. The van der Waals surface area contributed by atoms with Crippen molar-refractivity contribution < 1.29 is 9.52 Å².